The molecule has 0 aromatic rings. The van der Waals surface area contributed by atoms with Crippen LogP contribution in [-0.2, 0) is 4.79 Å². The SMILES string of the molecule is CC(C)C(=O)N1C(C(C)C)CC2CCCCC21. The molecule has 3 unspecified atom stereocenters. The van der Waals surface area contributed by atoms with Crippen molar-refractivity contribution in [2.24, 2.45) is 17.8 Å². The topological polar surface area (TPSA) is 20.3 Å². The van der Waals surface area contributed by atoms with Crippen molar-refractivity contribution >= 4 is 5.91 Å². The van der Waals surface area contributed by atoms with E-state index < -0.39 is 0 Å². The van der Waals surface area contributed by atoms with Gasteiger partial charge in [0.15, 0.2) is 0 Å². The molecule has 0 N–H and O–H groups in total. The average molecular weight is 237 g/mol. The molecular formula is C15H27NO. The molecular weight excluding hydrogens is 210 g/mol. The Labute approximate surface area is 106 Å². The molecule has 2 fully saturated rings. The molecule has 2 nitrogen and oxygen atoms in total. The minimum atomic E-state index is 0.150. The monoisotopic (exact) mass is 237 g/mol. The van der Waals surface area contributed by atoms with Crippen LogP contribution in [0.3, 0.4) is 0 Å². The van der Waals surface area contributed by atoms with Gasteiger partial charge in [0.1, 0.15) is 0 Å². The zero-order valence-corrected chi connectivity index (χ0v) is 11.8. The number of carbonyl (C=O) groups excluding carboxylic acids is 1. The lowest BCUT2D eigenvalue weighted by Crippen LogP contribution is -2.46. The molecule has 3 atom stereocenters. The third-order valence-corrected chi connectivity index (χ3v) is 4.65. The fourth-order valence-electron chi connectivity index (χ4n) is 3.72. The molecule has 0 aromatic heterocycles. The molecule has 98 valence electrons. The maximum Gasteiger partial charge on any atom is 0.225 e. The Morgan fingerprint density at radius 3 is 2.35 bits per heavy atom. The second-order valence-electron chi connectivity index (χ2n) is 6.56. The van der Waals surface area contributed by atoms with Crippen LogP contribution in [0.4, 0.5) is 0 Å². The van der Waals surface area contributed by atoms with Crippen molar-refractivity contribution in [3.8, 4) is 0 Å². The van der Waals surface area contributed by atoms with Crippen LogP contribution in [-0.4, -0.2) is 22.9 Å². The normalized spacial score (nSPS) is 33.3. The lowest BCUT2D eigenvalue weighted by molar-refractivity contribution is -0.139. The van der Waals surface area contributed by atoms with Crippen LogP contribution in [0.25, 0.3) is 0 Å². The van der Waals surface area contributed by atoms with Crippen LogP contribution < -0.4 is 0 Å². The first-order valence-electron chi connectivity index (χ1n) is 7.34. The minimum Gasteiger partial charge on any atom is -0.336 e. The highest BCUT2D eigenvalue weighted by atomic mass is 16.2. The number of hydrogen-bond acceptors (Lipinski definition) is 1. The van der Waals surface area contributed by atoms with Gasteiger partial charge in [-0.15, -0.1) is 0 Å². The van der Waals surface area contributed by atoms with Crippen LogP contribution in [0, 0.1) is 17.8 Å². The summed E-state index contributed by atoms with van der Waals surface area (Å²) in [6.07, 6.45) is 6.52. The summed E-state index contributed by atoms with van der Waals surface area (Å²) in [7, 11) is 0. The third-order valence-electron chi connectivity index (χ3n) is 4.65. The van der Waals surface area contributed by atoms with Crippen LogP contribution in [0.1, 0.15) is 59.8 Å². The quantitative estimate of drug-likeness (QED) is 0.720. The molecule has 0 aromatic carbocycles. The number of rotatable bonds is 2. The van der Waals surface area contributed by atoms with Crippen molar-refractivity contribution in [1.82, 2.24) is 4.90 Å². The summed E-state index contributed by atoms with van der Waals surface area (Å²) in [5.74, 6) is 1.93. The smallest absolute Gasteiger partial charge is 0.225 e. The van der Waals surface area contributed by atoms with Crippen LogP contribution in [0.2, 0.25) is 0 Å². The molecule has 1 saturated heterocycles. The molecule has 0 spiro atoms. The van der Waals surface area contributed by atoms with Gasteiger partial charge >= 0.3 is 0 Å². The van der Waals surface area contributed by atoms with Gasteiger partial charge in [-0.1, -0.05) is 40.5 Å². The van der Waals surface area contributed by atoms with Crippen LogP contribution in [0.15, 0.2) is 0 Å². The Morgan fingerprint density at radius 2 is 1.76 bits per heavy atom. The summed E-state index contributed by atoms with van der Waals surface area (Å²) >= 11 is 0. The van der Waals surface area contributed by atoms with E-state index in [0.29, 0.717) is 23.9 Å². The van der Waals surface area contributed by atoms with Crippen LogP contribution >= 0.6 is 0 Å². The molecule has 2 aliphatic rings. The Hall–Kier alpha value is -0.530. The highest BCUT2D eigenvalue weighted by molar-refractivity contribution is 5.79. The van der Waals surface area contributed by atoms with Crippen LogP contribution in [0.5, 0.6) is 0 Å². The molecule has 0 bridgehead atoms. The van der Waals surface area contributed by atoms with E-state index in [2.05, 4.69) is 18.7 Å². The van der Waals surface area contributed by atoms with E-state index in [1.165, 1.54) is 32.1 Å². The highest BCUT2D eigenvalue weighted by Crippen LogP contribution is 2.42. The first-order chi connectivity index (χ1) is 8.02. The van der Waals surface area contributed by atoms with Crippen molar-refractivity contribution in [2.75, 3.05) is 0 Å². The predicted octanol–water partition coefficient (Wildman–Crippen LogP) is 3.46. The lowest BCUT2D eigenvalue weighted by atomic mass is 9.84. The maximum atomic E-state index is 12.4. The molecule has 1 amide bonds. The Morgan fingerprint density at radius 1 is 1.12 bits per heavy atom. The van der Waals surface area contributed by atoms with Gasteiger partial charge in [0.05, 0.1) is 0 Å². The average Bonchev–Trinajstić information content (AvgIpc) is 2.67. The molecule has 1 heterocycles. The largest absolute Gasteiger partial charge is 0.336 e. The number of likely N-dealkylation sites (tertiary alicyclic amines) is 1. The van der Waals surface area contributed by atoms with Crippen molar-refractivity contribution in [3.05, 3.63) is 0 Å². The summed E-state index contributed by atoms with van der Waals surface area (Å²) < 4.78 is 0. The molecule has 2 rings (SSSR count). The van der Waals surface area contributed by atoms with E-state index >= 15 is 0 Å². The summed E-state index contributed by atoms with van der Waals surface area (Å²) in [6, 6.07) is 1.06. The predicted molar refractivity (Wildman–Crippen MR) is 70.7 cm³/mol. The van der Waals surface area contributed by atoms with Gasteiger partial charge in [0.25, 0.3) is 0 Å². The fourth-order valence-corrected chi connectivity index (χ4v) is 3.72. The number of fused-ring (bicyclic) bond motifs is 1. The molecule has 1 aliphatic heterocycles. The molecule has 0 radical (unpaired) electrons. The molecule has 1 saturated carbocycles. The minimum absolute atomic E-state index is 0.150. The summed E-state index contributed by atoms with van der Waals surface area (Å²) in [5.41, 5.74) is 0. The summed E-state index contributed by atoms with van der Waals surface area (Å²) in [5, 5.41) is 0. The Balaban J connectivity index is 2.20. The summed E-state index contributed by atoms with van der Waals surface area (Å²) in [6.45, 7) is 8.61. The number of hydrogen-bond donors (Lipinski definition) is 0. The van der Waals surface area contributed by atoms with E-state index in [0.717, 1.165) is 5.92 Å². The molecule has 1 aliphatic carbocycles. The molecule has 17 heavy (non-hydrogen) atoms. The van der Waals surface area contributed by atoms with Gasteiger partial charge in [-0.25, -0.2) is 0 Å². The van der Waals surface area contributed by atoms with E-state index in [1.54, 1.807) is 0 Å². The number of carbonyl (C=O) groups is 1. The van der Waals surface area contributed by atoms with Crippen molar-refractivity contribution in [3.63, 3.8) is 0 Å². The second kappa shape index (κ2) is 4.99. The number of nitrogens with zero attached hydrogens (tertiary/aromatic N) is 1. The zero-order valence-electron chi connectivity index (χ0n) is 11.8. The Bertz CT molecular complexity index is 283. The van der Waals surface area contributed by atoms with Gasteiger partial charge in [0.2, 0.25) is 5.91 Å². The van der Waals surface area contributed by atoms with E-state index in [9.17, 15) is 4.79 Å². The van der Waals surface area contributed by atoms with Crippen molar-refractivity contribution in [2.45, 2.75) is 71.9 Å². The number of amides is 1. The van der Waals surface area contributed by atoms with Crippen molar-refractivity contribution in [1.29, 1.82) is 0 Å². The second-order valence-corrected chi connectivity index (χ2v) is 6.56. The van der Waals surface area contributed by atoms with E-state index in [1.807, 2.05) is 13.8 Å². The van der Waals surface area contributed by atoms with Crippen molar-refractivity contribution < 1.29 is 4.79 Å². The van der Waals surface area contributed by atoms with Gasteiger partial charge in [-0.2, -0.15) is 0 Å². The first kappa shape index (κ1) is 12.9. The zero-order chi connectivity index (χ0) is 12.6. The first-order valence-corrected chi connectivity index (χ1v) is 7.34. The maximum absolute atomic E-state index is 12.4. The lowest BCUT2D eigenvalue weighted by Gasteiger charge is -2.36. The molecule has 2 heteroatoms. The van der Waals surface area contributed by atoms with Gasteiger partial charge in [-0.05, 0) is 31.1 Å². The van der Waals surface area contributed by atoms with Gasteiger partial charge in [-0.3, -0.25) is 4.79 Å². The highest BCUT2D eigenvalue weighted by Gasteiger charge is 2.45. The standard InChI is InChI=1S/C15H27NO/c1-10(2)14-9-12-7-5-6-8-13(12)16(14)15(17)11(3)4/h10-14H,5-9H2,1-4H3. The third kappa shape index (κ3) is 2.36. The van der Waals surface area contributed by atoms with Gasteiger partial charge < -0.3 is 4.90 Å². The van der Waals surface area contributed by atoms with E-state index in [4.69, 9.17) is 0 Å². The Kier molecular flexibility index (Phi) is 3.79. The van der Waals surface area contributed by atoms with E-state index in [-0.39, 0.29) is 5.92 Å². The fraction of sp³-hybridized carbons (Fsp3) is 0.933. The summed E-state index contributed by atoms with van der Waals surface area (Å²) in [4.78, 5) is 14.7. The van der Waals surface area contributed by atoms with Gasteiger partial charge in [0, 0.05) is 18.0 Å².